The molecule has 0 saturated carbocycles. The van der Waals surface area contributed by atoms with Crippen molar-refractivity contribution in [3.8, 4) is 0 Å². The molecule has 0 amide bonds. The fourth-order valence-corrected chi connectivity index (χ4v) is 4.65. The van der Waals surface area contributed by atoms with Crippen LogP contribution in [0.1, 0.15) is 24.1 Å². The van der Waals surface area contributed by atoms with E-state index in [1.807, 2.05) is 60.7 Å². The highest BCUT2D eigenvalue weighted by Gasteiger charge is 2.30. The van der Waals surface area contributed by atoms with Crippen LogP contribution in [-0.2, 0) is 9.53 Å². The van der Waals surface area contributed by atoms with E-state index in [0.29, 0.717) is 25.6 Å². The van der Waals surface area contributed by atoms with Gasteiger partial charge in [0.1, 0.15) is 0 Å². The molecular weight excluding hydrogens is 432 g/mol. The van der Waals surface area contributed by atoms with Gasteiger partial charge < -0.3 is 4.74 Å². The van der Waals surface area contributed by atoms with Crippen LogP contribution in [0.3, 0.4) is 0 Å². The third-order valence-electron chi connectivity index (χ3n) is 4.93. The molecule has 0 spiro atoms. The first-order valence-corrected chi connectivity index (χ1v) is 10.8. The smallest absolute Gasteiger partial charge is 0.338 e. The molecule has 0 fully saturated rings. The summed E-state index contributed by atoms with van der Waals surface area (Å²) in [5.74, 6) is -0.510. The lowest BCUT2D eigenvalue weighted by molar-refractivity contribution is -0.136. The summed E-state index contributed by atoms with van der Waals surface area (Å²) in [6.45, 7) is 1.75. The van der Waals surface area contributed by atoms with E-state index in [9.17, 15) is 9.59 Å². The van der Waals surface area contributed by atoms with Crippen LogP contribution in [0.25, 0.3) is 12.2 Å². The van der Waals surface area contributed by atoms with Crippen molar-refractivity contribution in [1.29, 1.82) is 0 Å². The topological polar surface area (TPSA) is 60.7 Å². The summed E-state index contributed by atoms with van der Waals surface area (Å²) in [5, 5.41) is 0.556. The normalized spacial score (nSPS) is 16.4. The molecule has 0 radical (unpaired) electrons. The van der Waals surface area contributed by atoms with Gasteiger partial charge in [-0.1, -0.05) is 83.6 Å². The fourth-order valence-electron chi connectivity index (χ4n) is 3.42. The van der Waals surface area contributed by atoms with Crippen molar-refractivity contribution >= 4 is 41.1 Å². The molecule has 4 rings (SSSR count). The Hall–Kier alpha value is -3.22. The second-order valence-electron chi connectivity index (χ2n) is 6.91. The first kappa shape index (κ1) is 21.0. The Labute approximate surface area is 187 Å². The lowest BCUT2D eigenvalue weighted by Crippen LogP contribution is -2.38. The number of methoxy groups -OCH3 is 1. The number of aromatic nitrogens is 1. The summed E-state index contributed by atoms with van der Waals surface area (Å²) in [4.78, 5) is 30.9. The van der Waals surface area contributed by atoms with Gasteiger partial charge in [-0.2, -0.15) is 0 Å². The van der Waals surface area contributed by atoms with Gasteiger partial charge in [-0.05, 0) is 30.2 Å². The first-order chi connectivity index (χ1) is 15.0. The third kappa shape index (κ3) is 4.17. The van der Waals surface area contributed by atoms with Crippen LogP contribution in [0.15, 0.2) is 81.7 Å². The predicted octanol–water partition coefficient (Wildman–Crippen LogP) is 3.73. The molecule has 7 heteroatoms. The quantitative estimate of drug-likeness (QED) is 0.569. The first-order valence-electron chi connectivity index (χ1n) is 9.58. The van der Waals surface area contributed by atoms with Gasteiger partial charge in [0.15, 0.2) is 4.80 Å². The number of rotatable bonds is 4. The number of esters is 1. The molecule has 1 aromatic heterocycles. The summed E-state index contributed by atoms with van der Waals surface area (Å²) >= 11 is 7.53. The zero-order chi connectivity index (χ0) is 22.0. The monoisotopic (exact) mass is 450 g/mol. The van der Waals surface area contributed by atoms with Gasteiger partial charge in [0, 0.05) is 5.02 Å². The maximum absolute atomic E-state index is 13.3. The molecule has 0 aliphatic carbocycles. The van der Waals surface area contributed by atoms with Gasteiger partial charge in [-0.15, -0.1) is 0 Å². The third-order valence-corrected chi connectivity index (χ3v) is 6.26. The Morgan fingerprint density at radius 1 is 1.16 bits per heavy atom. The van der Waals surface area contributed by atoms with E-state index in [4.69, 9.17) is 16.3 Å². The summed E-state index contributed by atoms with van der Waals surface area (Å²) < 4.78 is 7.01. The molecule has 2 aromatic carbocycles. The number of hydrogen-bond donors (Lipinski definition) is 0. The van der Waals surface area contributed by atoms with E-state index in [-0.39, 0.29) is 5.56 Å². The van der Waals surface area contributed by atoms with Crippen LogP contribution in [-0.4, -0.2) is 17.6 Å². The lowest BCUT2D eigenvalue weighted by Gasteiger charge is -2.21. The Bertz CT molecular complexity index is 1380. The number of nitrogens with zero attached hydrogens (tertiary/aromatic N) is 2. The molecule has 31 heavy (non-hydrogen) atoms. The highest BCUT2D eigenvalue weighted by molar-refractivity contribution is 7.07. The van der Waals surface area contributed by atoms with Crippen molar-refractivity contribution in [2.24, 2.45) is 4.99 Å². The van der Waals surface area contributed by atoms with Crippen LogP contribution in [0.2, 0.25) is 5.02 Å². The van der Waals surface area contributed by atoms with Crippen molar-refractivity contribution in [2.75, 3.05) is 7.11 Å². The van der Waals surface area contributed by atoms with Crippen LogP contribution >= 0.6 is 22.9 Å². The molecule has 1 aliphatic rings. The summed E-state index contributed by atoms with van der Waals surface area (Å²) in [5.41, 5.74) is 2.33. The molecule has 0 N–H and O–H groups in total. The Kier molecular flexibility index (Phi) is 6.02. The van der Waals surface area contributed by atoms with Gasteiger partial charge >= 0.3 is 5.97 Å². The molecular formula is C24H19ClN2O3S. The molecule has 1 unspecified atom stereocenters. The van der Waals surface area contributed by atoms with Crippen molar-refractivity contribution in [2.45, 2.75) is 13.0 Å². The van der Waals surface area contributed by atoms with E-state index in [1.165, 1.54) is 23.0 Å². The maximum atomic E-state index is 13.3. The lowest BCUT2D eigenvalue weighted by atomic mass is 10.0. The van der Waals surface area contributed by atoms with E-state index in [2.05, 4.69) is 4.99 Å². The van der Waals surface area contributed by atoms with Crippen molar-refractivity contribution in [3.05, 3.63) is 108 Å². The predicted molar refractivity (Wildman–Crippen MR) is 124 cm³/mol. The van der Waals surface area contributed by atoms with Crippen LogP contribution in [0.5, 0.6) is 0 Å². The highest BCUT2D eigenvalue weighted by Crippen LogP contribution is 2.26. The van der Waals surface area contributed by atoms with E-state index in [0.717, 1.165) is 11.1 Å². The SMILES string of the molecule is COC(=O)C1=C(C)N=c2s/c(=C\c3ccccc3Cl)c(=O)n2C1/C=C/c1ccccc1. The molecule has 5 nitrogen and oxygen atoms in total. The number of allylic oxidation sites excluding steroid dienone is 2. The van der Waals surface area contributed by atoms with Crippen LogP contribution in [0, 0.1) is 0 Å². The molecule has 156 valence electrons. The van der Waals surface area contributed by atoms with Crippen molar-refractivity contribution in [1.82, 2.24) is 4.57 Å². The number of fused-ring (bicyclic) bond motifs is 1. The van der Waals surface area contributed by atoms with Gasteiger partial charge in [0.2, 0.25) is 0 Å². The standard InChI is InChI=1S/C24H19ClN2O3S/c1-15-21(23(29)30-2)19(13-12-16-8-4-3-5-9-16)27-22(28)20(31-24(27)26-15)14-17-10-6-7-11-18(17)25/h3-14,19H,1-2H3/b13-12+,20-14-. The maximum Gasteiger partial charge on any atom is 0.338 e. The molecule has 3 aromatic rings. The van der Waals surface area contributed by atoms with Gasteiger partial charge in [0.25, 0.3) is 5.56 Å². The van der Waals surface area contributed by atoms with Gasteiger partial charge in [-0.3, -0.25) is 9.36 Å². The summed E-state index contributed by atoms with van der Waals surface area (Å²) in [6.07, 6.45) is 5.47. The minimum Gasteiger partial charge on any atom is -0.466 e. The minimum absolute atomic E-state index is 0.236. The average molecular weight is 451 g/mol. The number of halogens is 1. The fraction of sp³-hybridized carbons (Fsp3) is 0.125. The Morgan fingerprint density at radius 2 is 1.87 bits per heavy atom. The summed E-state index contributed by atoms with van der Waals surface area (Å²) in [7, 11) is 1.32. The molecule has 2 heterocycles. The highest BCUT2D eigenvalue weighted by atomic mass is 35.5. The zero-order valence-electron chi connectivity index (χ0n) is 16.9. The molecule has 0 saturated heterocycles. The Morgan fingerprint density at radius 3 is 2.58 bits per heavy atom. The van der Waals surface area contributed by atoms with E-state index in [1.54, 1.807) is 19.1 Å². The molecule has 1 aliphatic heterocycles. The molecule has 0 bridgehead atoms. The zero-order valence-corrected chi connectivity index (χ0v) is 18.5. The second kappa shape index (κ2) is 8.88. The number of benzene rings is 2. The van der Waals surface area contributed by atoms with E-state index >= 15 is 0 Å². The average Bonchev–Trinajstić information content (AvgIpc) is 3.08. The number of carbonyl (C=O) groups is 1. The van der Waals surface area contributed by atoms with Crippen molar-refractivity contribution < 1.29 is 9.53 Å². The van der Waals surface area contributed by atoms with Crippen LogP contribution < -0.4 is 14.9 Å². The second-order valence-corrected chi connectivity index (χ2v) is 8.32. The summed E-state index contributed by atoms with van der Waals surface area (Å²) in [6, 6.07) is 16.4. The van der Waals surface area contributed by atoms with Gasteiger partial charge in [-0.25, -0.2) is 9.79 Å². The van der Waals surface area contributed by atoms with Crippen molar-refractivity contribution in [3.63, 3.8) is 0 Å². The van der Waals surface area contributed by atoms with Gasteiger partial charge in [0.05, 0.1) is 29.0 Å². The number of hydrogen-bond acceptors (Lipinski definition) is 5. The molecule has 1 atom stereocenters. The van der Waals surface area contributed by atoms with E-state index < -0.39 is 12.0 Å². The number of thiazole rings is 1. The number of carbonyl (C=O) groups excluding carboxylic acids is 1. The number of ether oxygens (including phenoxy) is 1. The Balaban J connectivity index is 1.90. The van der Waals surface area contributed by atoms with Crippen LogP contribution in [0.4, 0.5) is 0 Å². The largest absolute Gasteiger partial charge is 0.466 e. The minimum atomic E-state index is -0.627.